The predicted molar refractivity (Wildman–Crippen MR) is 135 cm³/mol. The van der Waals surface area contributed by atoms with Crippen LogP contribution < -0.4 is 0 Å². The van der Waals surface area contributed by atoms with Gasteiger partial charge in [-0.15, -0.1) is 0 Å². The van der Waals surface area contributed by atoms with Gasteiger partial charge in [-0.2, -0.15) is 18.4 Å². The van der Waals surface area contributed by atoms with E-state index in [4.69, 9.17) is 16.3 Å². The van der Waals surface area contributed by atoms with Crippen molar-refractivity contribution in [1.82, 2.24) is 4.90 Å². The lowest BCUT2D eigenvalue weighted by Gasteiger charge is -2.32. The number of benzene rings is 2. The lowest BCUT2D eigenvalue weighted by atomic mass is 9.91. The molecule has 0 N–H and O–H groups in total. The van der Waals surface area contributed by atoms with Crippen molar-refractivity contribution in [2.75, 3.05) is 6.54 Å². The van der Waals surface area contributed by atoms with Crippen LogP contribution in [0.1, 0.15) is 54.7 Å². The molecule has 0 aliphatic carbocycles. The molecule has 1 aliphatic heterocycles. The molecular formula is C28H26ClF3N2O3. The van der Waals surface area contributed by atoms with Gasteiger partial charge in [0.1, 0.15) is 5.60 Å². The van der Waals surface area contributed by atoms with Crippen LogP contribution in [-0.2, 0) is 16.0 Å². The molecule has 0 amide bonds. The van der Waals surface area contributed by atoms with Crippen molar-refractivity contribution in [2.24, 2.45) is 0 Å². The lowest BCUT2D eigenvalue weighted by molar-refractivity contribution is -0.122. The highest BCUT2D eigenvalue weighted by molar-refractivity contribution is 6.30. The minimum absolute atomic E-state index is 0.0229. The van der Waals surface area contributed by atoms with Gasteiger partial charge in [0.25, 0.3) is 0 Å². The fourth-order valence-corrected chi connectivity index (χ4v) is 3.98. The molecule has 0 radical (unpaired) electrons. The van der Waals surface area contributed by atoms with Gasteiger partial charge in [-0.25, -0.2) is 4.79 Å². The fourth-order valence-electron chi connectivity index (χ4n) is 3.81. The fraction of sp³-hybridized carbons (Fsp3) is 0.321. The van der Waals surface area contributed by atoms with Gasteiger partial charge < -0.3 is 9.64 Å². The van der Waals surface area contributed by atoms with Crippen molar-refractivity contribution in [3.63, 3.8) is 0 Å². The molecule has 37 heavy (non-hydrogen) atoms. The number of nitriles is 1. The minimum Gasteiger partial charge on any atom is -0.456 e. The van der Waals surface area contributed by atoms with Crippen LogP contribution >= 0.6 is 11.6 Å². The Bertz CT molecular complexity index is 1300. The van der Waals surface area contributed by atoms with Crippen LogP contribution in [0.3, 0.4) is 0 Å². The standard InChI is InChI=1S/C28H26ClF3N2O3/c1-17(25(35)13-18-5-7-19(8-6-18)26(36)37-27(2,3)4)34-12-11-22(24(16-34)28(30,31)32)23-14-21(29)10-9-20(23)15-33/h5-11,14,16-17H,12-13H2,1-4H3. The summed E-state index contributed by atoms with van der Waals surface area (Å²) in [5, 5.41) is 9.59. The third kappa shape index (κ3) is 7.01. The molecule has 2 aromatic carbocycles. The molecule has 1 aliphatic rings. The highest BCUT2D eigenvalue weighted by Gasteiger charge is 2.39. The highest BCUT2D eigenvalue weighted by atomic mass is 35.5. The molecule has 1 atom stereocenters. The first-order valence-corrected chi connectivity index (χ1v) is 11.9. The van der Waals surface area contributed by atoms with E-state index in [9.17, 15) is 28.0 Å². The van der Waals surface area contributed by atoms with E-state index >= 15 is 0 Å². The molecule has 194 valence electrons. The summed E-state index contributed by atoms with van der Waals surface area (Å²) in [6, 6.07) is 11.5. The Morgan fingerprint density at radius 1 is 1.14 bits per heavy atom. The van der Waals surface area contributed by atoms with E-state index < -0.39 is 29.4 Å². The number of rotatable bonds is 6. The van der Waals surface area contributed by atoms with Crippen LogP contribution in [0.2, 0.25) is 5.02 Å². The second-order valence-electron chi connectivity index (χ2n) is 9.67. The zero-order valence-corrected chi connectivity index (χ0v) is 21.6. The number of hydrogen-bond acceptors (Lipinski definition) is 5. The molecule has 0 saturated heterocycles. The van der Waals surface area contributed by atoms with Crippen LogP contribution in [-0.4, -0.2) is 41.0 Å². The zero-order chi connectivity index (χ0) is 27.5. The number of ketones is 1. The molecule has 9 heteroatoms. The van der Waals surface area contributed by atoms with E-state index in [1.807, 2.05) is 6.07 Å². The molecule has 0 spiro atoms. The number of halogens is 4. The number of alkyl halides is 3. The van der Waals surface area contributed by atoms with Gasteiger partial charge in [-0.05, 0) is 69.2 Å². The largest absolute Gasteiger partial charge is 0.456 e. The van der Waals surface area contributed by atoms with Crippen molar-refractivity contribution in [3.05, 3.63) is 87.6 Å². The number of nitrogens with zero attached hydrogens (tertiary/aromatic N) is 2. The molecular weight excluding hydrogens is 505 g/mol. The third-order valence-electron chi connectivity index (χ3n) is 5.72. The lowest BCUT2D eigenvalue weighted by Crippen LogP contribution is -2.39. The zero-order valence-electron chi connectivity index (χ0n) is 20.8. The van der Waals surface area contributed by atoms with Crippen molar-refractivity contribution in [2.45, 2.75) is 51.9 Å². The molecule has 0 fully saturated rings. The van der Waals surface area contributed by atoms with Crippen LogP contribution in [0.4, 0.5) is 13.2 Å². The molecule has 1 heterocycles. The molecule has 0 bridgehead atoms. The summed E-state index contributed by atoms with van der Waals surface area (Å²) in [5.74, 6) is -0.779. The Labute approximate surface area is 218 Å². The van der Waals surface area contributed by atoms with Crippen LogP contribution in [0.15, 0.2) is 60.3 Å². The number of ether oxygens (including phenoxy) is 1. The third-order valence-corrected chi connectivity index (χ3v) is 5.95. The summed E-state index contributed by atoms with van der Waals surface area (Å²) in [4.78, 5) is 26.4. The number of carbonyl (C=O) groups excluding carboxylic acids is 2. The average Bonchev–Trinajstić information content (AvgIpc) is 2.82. The van der Waals surface area contributed by atoms with Crippen LogP contribution in [0.25, 0.3) is 5.57 Å². The maximum Gasteiger partial charge on any atom is 0.418 e. The first-order valence-electron chi connectivity index (χ1n) is 11.5. The van der Waals surface area contributed by atoms with Crippen LogP contribution in [0.5, 0.6) is 0 Å². The summed E-state index contributed by atoms with van der Waals surface area (Å²) in [6.45, 7) is 6.86. The van der Waals surface area contributed by atoms with E-state index in [2.05, 4.69) is 0 Å². The maximum atomic E-state index is 14.0. The number of carbonyl (C=O) groups is 2. The Kier molecular flexibility index (Phi) is 8.19. The van der Waals surface area contributed by atoms with Gasteiger partial charge >= 0.3 is 12.1 Å². The van der Waals surface area contributed by atoms with Gasteiger partial charge in [0.2, 0.25) is 0 Å². The van der Waals surface area contributed by atoms with E-state index in [1.165, 1.54) is 29.2 Å². The van der Waals surface area contributed by atoms with Crippen molar-refractivity contribution in [1.29, 1.82) is 5.26 Å². The van der Waals surface area contributed by atoms with E-state index in [1.54, 1.807) is 52.0 Å². The second kappa shape index (κ2) is 10.8. The normalized spacial score (nSPS) is 14.8. The molecule has 0 saturated carbocycles. The van der Waals surface area contributed by atoms with Gasteiger partial charge in [-0.3, -0.25) is 4.79 Å². The summed E-state index contributed by atoms with van der Waals surface area (Å²) < 4.78 is 47.4. The molecule has 2 aromatic rings. The molecule has 3 rings (SSSR count). The Balaban J connectivity index is 1.79. The first-order chi connectivity index (χ1) is 17.2. The first kappa shape index (κ1) is 28.0. The topological polar surface area (TPSA) is 70.4 Å². The average molecular weight is 531 g/mol. The summed E-state index contributed by atoms with van der Waals surface area (Å²) in [5.41, 5.74) is -0.645. The number of allylic oxidation sites excluding steroid dienone is 2. The number of esters is 1. The minimum atomic E-state index is -4.72. The van der Waals surface area contributed by atoms with Gasteiger partial charge in [-0.1, -0.05) is 29.8 Å². The Morgan fingerprint density at radius 2 is 1.78 bits per heavy atom. The van der Waals surface area contributed by atoms with Crippen molar-refractivity contribution < 1.29 is 27.5 Å². The van der Waals surface area contributed by atoms with E-state index in [0.29, 0.717) is 11.1 Å². The predicted octanol–water partition coefficient (Wildman–Crippen LogP) is 6.51. The highest BCUT2D eigenvalue weighted by Crippen LogP contribution is 2.40. The van der Waals surface area contributed by atoms with Crippen molar-refractivity contribution in [3.8, 4) is 6.07 Å². The number of hydrogen-bond donors (Lipinski definition) is 0. The second-order valence-corrected chi connectivity index (χ2v) is 10.1. The quantitative estimate of drug-likeness (QED) is 0.398. The maximum absolute atomic E-state index is 14.0. The SMILES string of the molecule is CC(C(=O)Cc1ccc(C(=O)OC(C)(C)C)cc1)N1C=C(C(F)(F)F)C(c2cc(Cl)ccc2C#N)=CC1. The molecule has 5 nitrogen and oxygen atoms in total. The summed E-state index contributed by atoms with van der Waals surface area (Å²) in [6.07, 6.45) is -2.47. The Morgan fingerprint density at radius 3 is 2.35 bits per heavy atom. The molecule has 0 aromatic heterocycles. The smallest absolute Gasteiger partial charge is 0.418 e. The van der Waals surface area contributed by atoms with Gasteiger partial charge in [0, 0.05) is 29.8 Å². The Hall–Kier alpha value is -3.57. The molecule has 1 unspecified atom stereocenters. The summed E-state index contributed by atoms with van der Waals surface area (Å²) >= 11 is 5.99. The van der Waals surface area contributed by atoms with Gasteiger partial charge in [0.15, 0.2) is 5.78 Å². The monoisotopic (exact) mass is 530 g/mol. The van der Waals surface area contributed by atoms with E-state index in [0.717, 1.165) is 6.20 Å². The van der Waals surface area contributed by atoms with Crippen molar-refractivity contribution >= 4 is 28.9 Å². The van der Waals surface area contributed by atoms with E-state index in [-0.39, 0.29) is 40.5 Å². The van der Waals surface area contributed by atoms with Gasteiger partial charge in [0.05, 0.1) is 28.8 Å². The number of Topliss-reactive ketones (excluding diaryl/α,β-unsaturated/α-hetero) is 1. The van der Waals surface area contributed by atoms with Crippen LogP contribution in [0, 0.1) is 11.3 Å². The summed E-state index contributed by atoms with van der Waals surface area (Å²) in [7, 11) is 0.